The van der Waals surface area contributed by atoms with Gasteiger partial charge in [0, 0.05) is 29.6 Å². The van der Waals surface area contributed by atoms with Crippen LogP contribution in [-0.2, 0) is 47.8 Å². The lowest BCUT2D eigenvalue weighted by atomic mass is 9.78. The first-order chi connectivity index (χ1) is 26.9. The first kappa shape index (κ1) is 45.0. The number of benzene rings is 2. The number of H-pyrrole nitrogens is 1. The van der Waals surface area contributed by atoms with Crippen molar-refractivity contribution in [3.8, 4) is 5.75 Å². The zero-order valence-electron chi connectivity index (χ0n) is 32.1. The van der Waals surface area contributed by atoms with Crippen molar-refractivity contribution >= 4 is 69.2 Å². The van der Waals surface area contributed by atoms with Crippen LogP contribution in [-0.4, -0.2) is 111 Å². The average molecular weight is 839 g/mol. The number of amides is 3. The summed E-state index contributed by atoms with van der Waals surface area (Å²) >= 11 is 18.2. The summed E-state index contributed by atoms with van der Waals surface area (Å²) in [7, 11) is 1.62. The van der Waals surface area contributed by atoms with E-state index in [4.69, 9.17) is 64.8 Å². The maximum absolute atomic E-state index is 14.4. The Kier molecular flexibility index (Phi) is 17.9. The third-order valence-electron chi connectivity index (χ3n) is 9.84. The Morgan fingerprint density at radius 2 is 1.62 bits per heavy atom. The van der Waals surface area contributed by atoms with Crippen LogP contribution in [0.15, 0.2) is 36.4 Å². The molecule has 2 aromatic carbocycles. The molecule has 4 atom stereocenters. The van der Waals surface area contributed by atoms with Crippen molar-refractivity contribution in [2.45, 2.75) is 70.0 Å². The molecule has 17 heteroatoms. The zero-order chi connectivity index (χ0) is 40.7. The van der Waals surface area contributed by atoms with Gasteiger partial charge in [0.15, 0.2) is 0 Å². The second-order valence-electron chi connectivity index (χ2n) is 13.7. The third-order valence-corrected chi connectivity index (χ3v) is 10.6. The van der Waals surface area contributed by atoms with Crippen molar-refractivity contribution < 1.29 is 43.2 Å². The van der Waals surface area contributed by atoms with Gasteiger partial charge in [0.05, 0.1) is 67.8 Å². The number of methoxy groups -OCH3 is 1. The Balaban J connectivity index is 1.39. The Morgan fingerprint density at radius 1 is 0.982 bits per heavy atom. The smallest absolute Gasteiger partial charge is 0.405 e. The van der Waals surface area contributed by atoms with Crippen molar-refractivity contribution in [3.63, 3.8) is 0 Å². The molecule has 3 amide bonds. The summed E-state index contributed by atoms with van der Waals surface area (Å²) in [6, 6.07) is 8.91. The van der Waals surface area contributed by atoms with Crippen molar-refractivity contribution in [2.75, 3.05) is 60.0 Å². The van der Waals surface area contributed by atoms with Crippen molar-refractivity contribution in [1.29, 1.82) is 0 Å². The number of aromatic amines is 1. The van der Waals surface area contributed by atoms with Crippen molar-refractivity contribution in [2.24, 2.45) is 11.7 Å². The van der Waals surface area contributed by atoms with Crippen LogP contribution in [0.25, 0.3) is 10.9 Å². The SMILES string of the molecule is CCC(C)C(NC(=O)[C@@]1(NC(=O)[C@H](CCc2ccc(OCCOCCOCCOCCOC)cc2)NC(=O)O)CCc2[nH]c3c(Cl)cc(Cl)cc3c2C1)C(N)=S. The van der Waals surface area contributed by atoms with Gasteiger partial charge in [-0.05, 0) is 67.0 Å². The number of aromatic nitrogens is 1. The van der Waals surface area contributed by atoms with Crippen LogP contribution in [0.4, 0.5) is 4.79 Å². The van der Waals surface area contributed by atoms with E-state index in [0.717, 1.165) is 22.2 Å². The van der Waals surface area contributed by atoms with Gasteiger partial charge < -0.3 is 55.5 Å². The summed E-state index contributed by atoms with van der Waals surface area (Å²) in [5, 5.41) is 19.6. The summed E-state index contributed by atoms with van der Waals surface area (Å²) in [6.07, 6.45) is 0.505. The number of nitrogens with two attached hydrogens (primary N) is 1. The van der Waals surface area contributed by atoms with Gasteiger partial charge >= 0.3 is 6.09 Å². The summed E-state index contributed by atoms with van der Waals surface area (Å²) in [6.45, 7) is 7.56. The van der Waals surface area contributed by atoms with Gasteiger partial charge in [-0.1, -0.05) is 67.8 Å². The van der Waals surface area contributed by atoms with E-state index < -0.39 is 35.5 Å². The fourth-order valence-corrected chi connectivity index (χ4v) is 7.38. The minimum absolute atomic E-state index is 0.0754. The highest BCUT2D eigenvalue weighted by molar-refractivity contribution is 7.80. The number of rotatable bonds is 24. The normalized spacial score (nSPS) is 16.7. The molecule has 1 aliphatic carbocycles. The van der Waals surface area contributed by atoms with Crippen LogP contribution in [0.5, 0.6) is 5.75 Å². The molecule has 0 saturated carbocycles. The monoisotopic (exact) mass is 837 g/mol. The number of fused-ring (bicyclic) bond motifs is 3. The summed E-state index contributed by atoms with van der Waals surface area (Å²) < 4.78 is 27.0. The molecule has 1 aliphatic rings. The number of aryl methyl sites for hydroxylation is 2. The largest absolute Gasteiger partial charge is 0.491 e. The van der Waals surface area contributed by atoms with Crippen LogP contribution in [0, 0.1) is 5.92 Å². The van der Waals surface area contributed by atoms with Crippen LogP contribution in [0.3, 0.4) is 0 Å². The second kappa shape index (κ2) is 22.3. The number of thiocarbonyl (C=S) groups is 1. The molecule has 14 nitrogen and oxygen atoms in total. The van der Waals surface area contributed by atoms with Gasteiger partial charge in [-0.15, -0.1) is 0 Å². The molecule has 3 aromatic rings. The van der Waals surface area contributed by atoms with Gasteiger partial charge in [0.1, 0.15) is 23.9 Å². The second-order valence-corrected chi connectivity index (χ2v) is 15.1. The lowest BCUT2D eigenvalue weighted by Gasteiger charge is -2.39. The molecule has 1 aromatic heterocycles. The number of carbonyl (C=O) groups excluding carboxylic acids is 2. The molecule has 0 radical (unpaired) electrons. The Hall–Kier alpha value is -3.70. The first-order valence-corrected chi connectivity index (χ1v) is 19.9. The molecule has 0 aliphatic heterocycles. The number of carboxylic acid groups (broad SMARTS) is 1. The number of hydrogen-bond donors (Lipinski definition) is 6. The molecule has 7 N–H and O–H groups in total. The molecule has 0 saturated heterocycles. The highest BCUT2D eigenvalue weighted by atomic mass is 35.5. The van der Waals surface area contributed by atoms with Gasteiger partial charge in [-0.3, -0.25) is 9.59 Å². The molecular weight excluding hydrogens is 785 g/mol. The Morgan fingerprint density at radius 3 is 2.23 bits per heavy atom. The van der Waals surface area contributed by atoms with E-state index in [1.165, 1.54) is 0 Å². The zero-order valence-corrected chi connectivity index (χ0v) is 34.4. The lowest BCUT2D eigenvalue weighted by molar-refractivity contribution is -0.135. The number of halogens is 2. The number of hydrogen-bond acceptors (Lipinski definition) is 9. The molecule has 56 heavy (non-hydrogen) atoms. The van der Waals surface area contributed by atoms with Gasteiger partial charge in [0.2, 0.25) is 11.8 Å². The van der Waals surface area contributed by atoms with E-state index in [-0.39, 0.29) is 30.2 Å². The summed E-state index contributed by atoms with van der Waals surface area (Å²) in [5.74, 6) is -0.552. The maximum Gasteiger partial charge on any atom is 0.405 e. The molecule has 0 bridgehead atoms. The molecular formula is C39H53Cl2N5O9S. The minimum Gasteiger partial charge on any atom is -0.491 e. The fraction of sp³-hybridized carbons (Fsp3) is 0.538. The average Bonchev–Trinajstić information content (AvgIpc) is 3.53. The highest BCUT2D eigenvalue weighted by Gasteiger charge is 2.46. The molecule has 2 unspecified atom stereocenters. The fourth-order valence-electron chi connectivity index (χ4n) is 6.54. The number of nitrogens with one attached hydrogen (secondary N) is 4. The Labute approximate surface area is 342 Å². The van der Waals surface area contributed by atoms with Gasteiger partial charge in [0.25, 0.3) is 0 Å². The Bertz CT molecular complexity index is 1780. The van der Waals surface area contributed by atoms with Crippen molar-refractivity contribution in [1.82, 2.24) is 20.9 Å². The predicted octanol–water partition coefficient (Wildman–Crippen LogP) is 4.98. The number of ether oxygens (including phenoxy) is 5. The van der Waals surface area contributed by atoms with E-state index in [1.54, 1.807) is 31.4 Å². The van der Waals surface area contributed by atoms with Gasteiger partial charge in [-0.2, -0.15) is 0 Å². The van der Waals surface area contributed by atoms with E-state index >= 15 is 0 Å². The van der Waals surface area contributed by atoms with Crippen LogP contribution >= 0.6 is 35.4 Å². The minimum atomic E-state index is -1.47. The third kappa shape index (κ3) is 12.9. The van der Waals surface area contributed by atoms with E-state index in [2.05, 4.69) is 20.9 Å². The summed E-state index contributed by atoms with van der Waals surface area (Å²) in [5.41, 5.74) is 7.79. The predicted molar refractivity (Wildman–Crippen MR) is 219 cm³/mol. The molecule has 0 fully saturated rings. The first-order valence-electron chi connectivity index (χ1n) is 18.7. The van der Waals surface area contributed by atoms with E-state index in [1.807, 2.05) is 26.0 Å². The van der Waals surface area contributed by atoms with Gasteiger partial charge in [-0.25, -0.2) is 4.79 Å². The maximum atomic E-state index is 14.4. The number of carbonyl (C=O) groups is 3. The standard InChI is InChI=1S/C39H53Cl2N5O9S/c1-4-24(2)33(35(42)56)45-37(48)39(12-11-31-29(23-39)28-21-26(40)22-30(41)34(28)43-31)46-36(47)32(44-38(49)50)10-7-25-5-8-27(9-6-25)55-20-19-54-18-17-53-16-15-52-14-13-51-3/h5-6,8-9,21-22,24,32-33,43-44H,4,7,10-20,23H2,1-3H3,(H2,42,56)(H,45,48)(H,46,47)(H,49,50)/t24?,32-,33?,39+/m0/s1. The van der Waals surface area contributed by atoms with E-state index in [9.17, 15) is 19.5 Å². The highest BCUT2D eigenvalue weighted by Crippen LogP contribution is 2.38. The summed E-state index contributed by atoms with van der Waals surface area (Å²) in [4.78, 5) is 43.9. The quantitative estimate of drug-likeness (QED) is 0.0526. The topological polar surface area (TPSA) is 195 Å². The molecule has 4 rings (SSSR count). The van der Waals surface area contributed by atoms with Crippen LogP contribution in [0.1, 0.15) is 49.9 Å². The van der Waals surface area contributed by atoms with Crippen LogP contribution < -0.4 is 26.4 Å². The lowest BCUT2D eigenvalue weighted by Crippen LogP contribution is -2.66. The van der Waals surface area contributed by atoms with Crippen molar-refractivity contribution in [3.05, 3.63) is 63.3 Å². The van der Waals surface area contributed by atoms with Crippen LogP contribution in [0.2, 0.25) is 10.0 Å². The van der Waals surface area contributed by atoms with E-state index in [0.29, 0.717) is 93.4 Å². The molecule has 1 heterocycles. The molecule has 308 valence electrons. The molecule has 0 spiro atoms.